The van der Waals surface area contributed by atoms with Gasteiger partial charge in [0, 0.05) is 10.8 Å². The molecule has 0 radical (unpaired) electrons. The van der Waals surface area contributed by atoms with Gasteiger partial charge in [0.25, 0.3) is 5.22 Å². The van der Waals surface area contributed by atoms with Crippen molar-refractivity contribution in [1.82, 2.24) is 10.2 Å². The largest absolute Gasteiger partial charge is 0.493 e. The number of nitrogens with two attached hydrogens (primary N) is 1. The fourth-order valence-electron chi connectivity index (χ4n) is 1.22. The van der Waals surface area contributed by atoms with Crippen LogP contribution in [0.4, 0.5) is 0 Å². The zero-order chi connectivity index (χ0) is 12.8. The van der Waals surface area contributed by atoms with Crippen molar-refractivity contribution in [2.24, 2.45) is 5.73 Å². The molecule has 7 heteroatoms. The van der Waals surface area contributed by atoms with E-state index < -0.39 is 0 Å². The van der Waals surface area contributed by atoms with Gasteiger partial charge in [0.05, 0.1) is 13.2 Å². The average Bonchev–Trinajstić information content (AvgIpc) is 2.83. The van der Waals surface area contributed by atoms with E-state index in [-0.39, 0.29) is 6.54 Å². The van der Waals surface area contributed by atoms with Crippen LogP contribution in [0.3, 0.4) is 0 Å². The third-order valence-corrected chi connectivity index (χ3v) is 3.01. The molecule has 1 aromatic carbocycles. The number of nitrogens with zero attached hydrogens (tertiary/aromatic N) is 2. The van der Waals surface area contributed by atoms with Gasteiger partial charge in [-0.15, -0.1) is 10.2 Å². The summed E-state index contributed by atoms with van der Waals surface area (Å²) in [4.78, 5) is 0. The van der Waals surface area contributed by atoms with Crippen molar-refractivity contribution in [2.45, 2.75) is 11.8 Å². The second kappa shape index (κ2) is 6.63. The monoisotopic (exact) mass is 285 g/mol. The lowest BCUT2D eigenvalue weighted by Crippen LogP contribution is -1.99. The first-order valence-electron chi connectivity index (χ1n) is 5.31. The van der Waals surface area contributed by atoms with E-state index in [4.69, 9.17) is 26.5 Å². The fraction of sp³-hybridized carbons (Fsp3) is 0.273. The number of ether oxygens (including phenoxy) is 1. The highest BCUT2D eigenvalue weighted by Crippen LogP contribution is 2.19. The Bertz CT molecular complexity index is 507. The first-order valence-corrected chi connectivity index (χ1v) is 6.68. The Hall–Kier alpha value is -1.24. The standard InChI is InChI=1S/C11H12ClN3O2S/c12-8-2-1-3-9(6-8)16-4-5-18-11-15-14-10(7-13)17-11/h1-3,6H,4-5,7,13H2. The van der Waals surface area contributed by atoms with E-state index in [1.807, 2.05) is 12.1 Å². The molecule has 96 valence electrons. The predicted octanol–water partition coefficient (Wildman–Crippen LogP) is 2.35. The van der Waals surface area contributed by atoms with Crippen molar-refractivity contribution in [2.75, 3.05) is 12.4 Å². The molecular formula is C11H12ClN3O2S. The van der Waals surface area contributed by atoms with Crippen LogP contribution < -0.4 is 10.5 Å². The molecule has 2 aromatic rings. The molecule has 2 N–H and O–H groups in total. The van der Waals surface area contributed by atoms with Crippen LogP contribution >= 0.6 is 23.4 Å². The minimum absolute atomic E-state index is 0.257. The summed E-state index contributed by atoms with van der Waals surface area (Å²) in [5.74, 6) is 1.89. The summed E-state index contributed by atoms with van der Waals surface area (Å²) in [6.07, 6.45) is 0. The minimum Gasteiger partial charge on any atom is -0.493 e. The molecular weight excluding hydrogens is 274 g/mol. The van der Waals surface area contributed by atoms with E-state index in [0.29, 0.717) is 28.5 Å². The van der Waals surface area contributed by atoms with E-state index in [9.17, 15) is 0 Å². The van der Waals surface area contributed by atoms with Gasteiger partial charge in [0.15, 0.2) is 0 Å². The van der Waals surface area contributed by atoms with Crippen molar-refractivity contribution in [3.05, 3.63) is 35.2 Å². The van der Waals surface area contributed by atoms with Gasteiger partial charge in [-0.25, -0.2) is 0 Å². The van der Waals surface area contributed by atoms with Crippen LogP contribution in [0.2, 0.25) is 5.02 Å². The van der Waals surface area contributed by atoms with E-state index in [0.717, 1.165) is 5.75 Å². The van der Waals surface area contributed by atoms with E-state index >= 15 is 0 Å². The highest BCUT2D eigenvalue weighted by Gasteiger charge is 2.04. The molecule has 0 bridgehead atoms. The molecule has 0 unspecified atom stereocenters. The maximum absolute atomic E-state index is 5.84. The van der Waals surface area contributed by atoms with Crippen molar-refractivity contribution in [3.8, 4) is 5.75 Å². The number of rotatable bonds is 6. The molecule has 0 atom stereocenters. The molecule has 18 heavy (non-hydrogen) atoms. The van der Waals surface area contributed by atoms with Crippen molar-refractivity contribution in [1.29, 1.82) is 0 Å². The summed E-state index contributed by atoms with van der Waals surface area (Å²) in [6, 6.07) is 7.27. The lowest BCUT2D eigenvalue weighted by molar-refractivity contribution is 0.343. The van der Waals surface area contributed by atoms with Crippen LogP contribution in [0.25, 0.3) is 0 Å². The van der Waals surface area contributed by atoms with Crippen LogP contribution in [-0.4, -0.2) is 22.6 Å². The van der Waals surface area contributed by atoms with Gasteiger partial charge in [-0.1, -0.05) is 29.4 Å². The van der Waals surface area contributed by atoms with E-state index in [2.05, 4.69) is 10.2 Å². The third-order valence-electron chi connectivity index (χ3n) is 2.00. The Balaban J connectivity index is 1.72. The quantitative estimate of drug-likeness (QED) is 0.649. The third kappa shape index (κ3) is 3.90. The smallest absolute Gasteiger partial charge is 0.276 e. The van der Waals surface area contributed by atoms with Gasteiger partial charge in [-0.05, 0) is 18.2 Å². The molecule has 2 rings (SSSR count). The van der Waals surface area contributed by atoms with Crippen LogP contribution in [0.1, 0.15) is 5.89 Å². The van der Waals surface area contributed by atoms with Gasteiger partial charge < -0.3 is 14.9 Å². The topological polar surface area (TPSA) is 74.2 Å². The van der Waals surface area contributed by atoms with Crippen LogP contribution in [0.15, 0.2) is 33.9 Å². The second-order valence-electron chi connectivity index (χ2n) is 3.32. The SMILES string of the molecule is NCc1nnc(SCCOc2cccc(Cl)c2)o1. The maximum Gasteiger partial charge on any atom is 0.276 e. The molecule has 0 fully saturated rings. The number of halogens is 1. The Morgan fingerprint density at radius 1 is 1.39 bits per heavy atom. The summed E-state index contributed by atoms with van der Waals surface area (Å²) < 4.78 is 10.8. The van der Waals surface area contributed by atoms with Crippen LogP contribution in [0.5, 0.6) is 5.75 Å². The number of benzene rings is 1. The normalized spacial score (nSPS) is 10.6. The zero-order valence-electron chi connectivity index (χ0n) is 9.51. The molecule has 0 saturated heterocycles. The summed E-state index contributed by atoms with van der Waals surface area (Å²) in [6.45, 7) is 0.790. The highest BCUT2D eigenvalue weighted by atomic mass is 35.5. The van der Waals surface area contributed by atoms with Crippen molar-refractivity contribution < 1.29 is 9.15 Å². The highest BCUT2D eigenvalue weighted by molar-refractivity contribution is 7.99. The van der Waals surface area contributed by atoms with Gasteiger partial charge in [-0.2, -0.15) is 0 Å². The minimum atomic E-state index is 0.257. The second-order valence-corrected chi connectivity index (χ2v) is 4.80. The molecule has 0 amide bonds. The lowest BCUT2D eigenvalue weighted by Gasteiger charge is -2.04. The van der Waals surface area contributed by atoms with Gasteiger partial charge in [-0.3, -0.25) is 0 Å². The van der Waals surface area contributed by atoms with Gasteiger partial charge in [0.2, 0.25) is 5.89 Å². The number of hydrogen-bond donors (Lipinski definition) is 1. The molecule has 1 heterocycles. The molecule has 1 aromatic heterocycles. The lowest BCUT2D eigenvalue weighted by atomic mass is 10.3. The fourth-order valence-corrected chi connectivity index (χ4v) is 2.00. The summed E-state index contributed by atoms with van der Waals surface area (Å²) in [5, 5.41) is 8.76. The maximum atomic E-state index is 5.84. The first-order chi connectivity index (χ1) is 8.78. The zero-order valence-corrected chi connectivity index (χ0v) is 11.1. The summed E-state index contributed by atoms with van der Waals surface area (Å²) in [5.41, 5.74) is 5.37. The molecule has 0 aliphatic rings. The van der Waals surface area contributed by atoms with Crippen LogP contribution in [-0.2, 0) is 6.54 Å². The number of hydrogen-bond acceptors (Lipinski definition) is 6. The molecule has 0 aliphatic heterocycles. The van der Waals surface area contributed by atoms with Gasteiger partial charge in [0.1, 0.15) is 5.75 Å². The number of aromatic nitrogens is 2. The average molecular weight is 286 g/mol. The van der Waals surface area contributed by atoms with Gasteiger partial charge >= 0.3 is 0 Å². The summed E-state index contributed by atoms with van der Waals surface area (Å²) in [7, 11) is 0. The van der Waals surface area contributed by atoms with Crippen molar-refractivity contribution in [3.63, 3.8) is 0 Å². The Kier molecular flexibility index (Phi) is 4.86. The molecule has 0 aliphatic carbocycles. The molecule has 0 spiro atoms. The van der Waals surface area contributed by atoms with Crippen molar-refractivity contribution >= 4 is 23.4 Å². The molecule has 5 nitrogen and oxygen atoms in total. The van der Waals surface area contributed by atoms with E-state index in [1.54, 1.807) is 12.1 Å². The molecule has 0 saturated carbocycles. The Morgan fingerprint density at radius 2 is 2.28 bits per heavy atom. The first kappa shape index (κ1) is 13.2. The Labute approximate surface area is 114 Å². The Morgan fingerprint density at radius 3 is 3.00 bits per heavy atom. The van der Waals surface area contributed by atoms with E-state index in [1.165, 1.54) is 11.8 Å². The van der Waals surface area contributed by atoms with Crippen LogP contribution in [0, 0.1) is 0 Å². The summed E-state index contributed by atoms with van der Waals surface area (Å²) >= 11 is 7.27. The number of thioether (sulfide) groups is 1. The predicted molar refractivity (Wildman–Crippen MR) is 69.9 cm³/mol.